The second-order valence-corrected chi connectivity index (χ2v) is 7.36. The van der Waals surface area contributed by atoms with Crippen LogP contribution in [0.4, 0.5) is 0 Å². The lowest BCUT2D eigenvalue weighted by molar-refractivity contribution is -0.00567. The number of hydrogen-bond donors (Lipinski definition) is 1. The molecule has 1 aromatic heterocycles. The third-order valence-corrected chi connectivity index (χ3v) is 5.97. The third kappa shape index (κ3) is 1.54. The summed E-state index contributed by atoms with van der Waals surface area (Å²) in [6.45, 7) is 2.05. The van der Waals surface area contributed by atoms with E-state index < -0.39 is 0 Å². The molecule has 3 nitrogen and oxygen atoms in total. The summed E-state index contributed by atoms with van der Waals surface area (Å²) >= 11 is 0. The molecular formula is C17H20N2O. The van der Waals surface area contributed by atoms with Crippen LogP contribution >= 0.6 is 0 Å². The minimum absolute atomic E-state index is 0.123. The highest BCUT2D eigenvalue weighted by Gasteiger charge is 2.52. The second-order valence-electron chi connectivity index (χ2n) is 7.36. The number of nitrogens with zero attached hydrogens (tertiary/aromatic N) is 1. The van der Waals surface area contributed by atoms with Gasteiger partial charge in [0.15, 0.2) is 0 Å². The number of hydrogen-bond acceptors (Lipinski definition) is 2. The zero-order chi connectivity index (χ0) is 13.9. The van der Waals surface area contributed by atoms with Crippen molar-refractivity contribution in [1.82, 2.24) is 4.98 Å². The lowest BCUT2D eigenvalue weighted by Crippen LogP contribution is -2.49. The summed E-state index contributed by atoms with van der Waals surface area (Å²) in [5.74, 6) is 2.48. The van der Waals surface area contributed by atoms with Crippen LogP contribution in [-0.2, 0) is 5.41 Å². The number of rotatable bonds is 1. The van der Waals surface area contributed by atoms with Crippen LogP contribution in [0.25, 0.3) is 0 Å². The van der Waals surface area contributed by atoms with E-state index in [0.717, 1.165) is 28.9 Å². The van der Waals surface area contributed by atoms with Gasteiger partial charge in [0, 0.05) is 6.20 Å². The number of aromatic amines is 1. The van der Waals surface area contributed by atoms with Gasteiger partial charge in [-0.15, -0.1) is 0 Å². The fraction of sp³-hybridized carbons (Fsp3) is 0.647. The van der Waals surface area contributed by atoms with Crippen molar-refractivity contribution in [1.29, 1.82) is 5.26 Å². The summed E-state index contributed by atoms with van der Waals surface area (Å²) in [5.41, 5.74) is 2.49. The molecular weight excluding hydrogens is 248 g/mol. The second kappa shape index (κ2) is 3.97. The van der Waals surface area contributed by atoms with Crippen LogP contribution in [0, 0.1) is 36.0 Å². The van der Waals surface area contributed by atoms with Gasteiger partial charge in [-0.25, -0.2) is 0 Å². The third-order valence-electron chi connectivity index (χ3n) is 5.97. The molecule has 0 radical (unpaired) electrons. The van der Waals surface area contributed by atoms with E-state index >= 15 is 0 Å². The van der Waals surface area contributed by atoms with Crippen molar-refractivity contribution in [2.45, 2.75) is 50.9 Å². The quantitative estimate of drug-likeness (QED) is 0.851. The summed E-state index contributed by atoms with van der Waals surface area (Å²) < 4.78 is 0. The number of aromatic nitrogens is 1. The van der Waals surface area contributed by atoms with E-state index in [4.69, 9.17) is 0 Å². The highest BCUT2D eigenvalue weighted by Crippen LogP contribution is 2.61. The zero-order valence-corrected chi connectivity index (χ0v) is 11.9. The molecule has 104 valence electrons. The fourth-order valence-corrected chi connectivity index (χ4v) is 5.84. The maximum Gasteiger partial charge on any atom is 0.266 e. The molecule has 0 aromatic carbocycles. The lowest BCUT2D eigenvalue weighted by atomic mass is 9.47. The Morgan fingerprint density at radius 3 is 2.25 bits per heavy atom. The van der Waals surface area contributed by atoms with Crippen molar-refractivity contribution in [2.24, 2.45) is 17.8 Å². The van der Waals surface area contributed by atoms with Gasteiger partial charge in [-0.3, -0.25) is 4.79 Å². The van der Waals surface area contributed by atoms with E-state index in [9.17, 15) is 10.1 Å². The summed E-state index contributed by atoms with van der Waals surface area (Å²) in [6, 6.07) is 2.19. The number of aryl methyl sites for hydroxylation is 1. The van der Waals surface area contributed by atoms with Gasteiger partial charge in [-0.05, 0) is 79.7 Å². The van der Waals surface area contributed by atoms with Gasteiger partial charge in [-0.2, -0.15) is 5.26 Å². The predicted octanol–water partition coefficient (Wildman–Crippen LogP) is 3.02. The van der Waals surface area contributed by atoms with Gasteiger partial charge in [-0.1, -0.05) is 0 Å². The molecule has 0 amide bonds. The average Bonchev–Trinajstić information content (AvgIpc) is 2.39. The van der Waals surface area contributed by atoms with Crippen molar-refractivity contribution >= 4 is 0 Å². The highest BCUT2D eigenvalue weighted by molar-refractivity contribution is 5.46. The Hall–Kier alpha value is -1.56. The van der Waals surface area contributed by atoms with Gasteiger partial charge in [0.2, 0.25) is 0 Å². The first-order valence-corrected chi connectivity index (χ1v) is 7.74. The summed E-state index contributed by atoms with van der Waals surface area (Å²) in [4.78, 5) is 14.8. The Morgan fingerprint density at radius 1 is 1.20 bits per heavy atom. The highest BCUT2D eigenvalue weighted by atomic mass is 16.1. The summed E-state index contributed by atoms with van der Waals surface area (Å²) in [6.07, 6.45) is 9.52. The molecule has 5 rings (SSSR count). The molecule has 1 aromatic rings. The first kappa shape index (κ1) is 12.2. The predicted molar refractivity (Wildman–Crippen MR) is 76.4 cm³/mol. The van der Waals surface area contributed by atoms with E-state index in [-0.39, 0.29) is 11.0 Å². The molecule has 0 atom stereocenters. The van der Waals surface area contributed by atoms with Gasteiger partial charge < -0.3 is 4.98 Å². The molecule has 1 heterocycles. The lowest BCUT2D eigenvalue weighted by Gasteiger charge is -2.57. The monoisotopic (exact) mass is 268 g/mol. The standard InChI is InChI=1S/C17H20N2O/c1-10-9-19-16(20)14(8-18)15(10)17-5-11-2-12(6-17)4-13(3-11)7-17/h9,11-13H,2-7H2,1H3,(H,19,20). The van der Waals surface area contributed by atoms with Gasteiger partial charge in [0.1, 0.15) is 11.6 Å². The van der Waals surface area contributed by atoms with Crippen LogP contribution < -0.4 is 5.56 Å². The molecule has 4 saturated carbocycles. The Morgan fingerprint density at radius 2 is 1.75 bits per heavy atom. The van der Waals surface area contributed by atoms with Crippen LogP contribution in [-0.4, -0.2) is 4.98 Å². The van der Waals surface area contributed by atoms with E-state index in [1.54, 1.807) is 6.20 Å². The molecule has 0 saturated heterocycles. The molecule has 0 spiro atoms. The van der Waals surface area contributed by atoms with Crippen LogP contribution in [0.3, 0.4) is 0 Å². The molecule has 0 aliphatic heterocycles. The first-order chi connectivity index (χ1) is 9.61. The Bertz CT molecular complexity index is 629. The zero-order valence-electron chi connectivity index (χ0n) is 11.9. The van der Waals surface area contributed by atoms with Crippen molar-refractivity contribution in [3.8, 4) is 6.07 Å². The van der Waals surface area contributed by atoms with Gasteiger partial charge >= 0.3 is 0 Å². The molecule has 20 heavy (non-hydrogen) atoms. The molecule has 4 fully saturated rings. The first-order valence-electron chi connectivity index (χ1n) is 7.74. The number of pyridine rings is 1. The Kier molecular flexibility index (Phi) is 2.42. The van der Waals surface area contributed by atoms with Crippen molar-refractivity contribution < 1.29 is 0 Å². The average molecular weight is 268 g/mol. The van der Waals surface area contributed by atoms with Crippen molar-refractivity contribution in [3.05, 3.63) is 33.2 Å². The molecule has 1 N–H and O–H groups in total. The minimum atomic E-state index is -0.205. The van der Waals surface area contributed by atoms with Crippen LogP contribution in [0.15, 0.2) is 11.0 Å². The number of H-pyrrole nitrogens is 1. The molecule has 4 aliphatic carbocycles. The Labute approximate surface area is 119 Å². The maximum atomic E-state index is 12.0. The normalized spacial score (nSPS) is 37.9. The summed E-state index contributed by atoms with van der Waals surface area (Å²) in [7, 11) is 0. The van der Waals surface area contributed by atoms with Gasteiger partial charge in [0.05, 0.1) is 0 Å². The van der Waals surface area contributed by atoms with E-state index in [0.29, 0.717) is 5.56 Å². The molecule has 3 heteroatoms. The van der Waals surface area contributed by atoms with E-state index in [2.05, 4.69) is 11.1 Å². The van der Waals surface area contributed by atoms with Gasteiger partial charge in [0.25, 0.3) is 5.56 Å². The van der Waals surface area contributed by atoms with Crippen LogP contribution in [0.5, 0.6) is 0 Å². The smallest absolute Gasteiger partial charge is 0.266 e. The van der Waals surface area contributed by atoms with E-state index in [1.165, 1.54) is 38.5 Å². The largest absolute Gasteiger partial charge is 0.328 e. The SMILES string of the molecule is Cc1c[nH]c(=O)c(C#N)c1C12CC3CC(CC(C3)C1)C2. The number of nitriles is 1. The topological polar surface area (TPSA) is 56.6 Å². The van der Waals surface area contributed by atoms with Crippen molar-refractivity contribution in [2.75, 3.05) is 0 Å². The molecule has 4 bridgehead atoms. The van der Waals surface area contributed by atoms with Crippen LogP contribution in [0.2, 0.25) is 0 Å². The summed E-state index contributed by atoms with van der Waals surface area (Å²) in [5, 5.41) is 9.46. The minimum Gasteiger partial charge on any atom is -0.328 e. The Balaban J connectivity index is 1.92. The maximum absolute atomic E-state index is 12.0. The number of nitrogens with one attached hydrogen (secondary N) is 1. The fourth-order valence-electron chi connectivity index (χ4n) is 5.84. The molecule has 0 unspecified atom stereocenters. The van der Waals surface area contributed by atoms with Crippen molar-refractivity contribution in [3.63, 3.8) is 0 Å². The molecule has 4 aliphatic rings. The van der Waals surface area contributed by atoms with Crippen LogP contribution in [0.1, 0.15) is 55.2 Å². The van der Waals surface area contributed by atoms with E-state index in [1.807, 2.05) is 6.92 Å².